The van der Waals surface area contributed by atoms with Crippen LogP contribution in [0.1, 0.15) is 46.5 Å². The van der Waals surface area contributed by atoms with E-state index in [2.05, 4.69) is 20.8 Å². The molecular weight excluding hydrogens is 212 g/mol. The van der Waals surface area contributed by atoms with E-state index >= 15 is 0 Å². The fraction of sp³-hybridized carbons (Fsp3) is 0.733. The summed E-state index contributed by atoms with van der Waals surface area (Å²) in [5.74, 6) is 1.33. The molecular formula is C15H20O2. The predicted molar refractivity (Wildman–Crippen MR) is 65.4 cm³/mol. The highest BCUT2D eigenvalue weighted by atomic mass is 16.1. The molecule has 0 heterocycles. The van der Waals surface area contributed by atoms with Gasteiger partial charge in [0.15, 0.2) is 5.78 Å². The average molecular weight is 232 g/mol. The Morgan fingerprint density at radius 1 is 1.29 bits per heavy atom. The number of hydrogen-bond acceptors (Lipinski definition) is 2. The second-order valence-corrected chi connectivity index (χ2v) is 6.81. The van der Waals surface area contributed by atoms with Crippen LogP contribution in [0, 0.1) is 22.7 Å². The molecule has 3 aliphatic carbocycles. The van der Waals surface area contributed by atoms with E-state index in [9.17, 15) is 9.59 Å². The molecule has 0 aromatic rings. The van der Waals surface area contributed by atoms with E-state index in [1.807, 2.05) is 6.08 Å². The monoisotopic (exact) mass is 232 g/mol. The maximum Gasteiger partial charge on any atom is 0.155 e. The maximum absolute atomic E-state index is 12.0. The van der Waals surface area contributed by atoms with Crippen LogP contribution in [0.2, 0.25) is 0 Å². The van der Waals surface area contributed by atoms with Gasteiger partial charge in [0.1, 0.15) is 5.78 Å². The molecule has 2 fully saturated rings. The Labute approximate surface area is 102 Å². The van der Waals surface area contributed by atoms with Crippen LogP contribution in [0.25, 0.3) is 0 Å². The Morgan fingerprint density at radius 2 is 2.00 bits per heavy atom. The van der Waals surface area contributed by atoms with Crippen molar-refractivity contribution in [2.45, 2.75) is 46.5 Å². The highest BCUT2D eigenvalue weighted by Gasteiger charge is 2.62. The number of carbonyl (C=O) groups excluding carboxylic acids is 2. The summed E-state index contributed by atoms with van der Waals surface area (Å²) in [6.45, 7) is 6.54. The lowest BCUT2D eigenvalue weighted by atomic mass is 9.67. The first-order valence-electron chi connectivity index (χ1n) is 6.65. The van der Waals surface area contributed by atoms with Gasteiger partial charge in [-0.05, 0) is 30.3 Å². The molecule has 92 valence electrons. The molecule has 0 aliphatic heterocycles. The Balaban J connectivity index is 2.15. The van der Waals surface area contributed by atoms with Gasteiger partial charge in [0.25, 0.3) is 0 Å². The summed E-state index contributed by atoms with van der Waals surface area (Å²) in [5, 5.41) is 0. The fourth-order valence-corrected chi connectivity index (χ4v) is 4.63. The fourth-order valence-electron chi connectivity index (χ4n) is 4.63. The SMILES string of the molecule is C[C@@H]1C(=O)CC23CCC(=O)C=C2C(C)(C)C[C@@H]13. The molecule has 0 aromatic heterocycles. The van der Waals surface area contributed by atoms with Crippen molar-refractivity contribution < 1.29 is 9.59 Å². The Bertz CT molecular complexity index is 444. The van der Waals surface area contributed by atoms with E-state index in [0.717, 1.165) is 12.8 Å². The molecule has 3 atom stereocenters. The van der Waals surface area contributed by atoms with Gasteiger partial charge >= 0.3 is 0 Å². The molecule has 2 saturated carbocycles. The third-order valence-electron chi connectivity index (χ3n) is 5.43. The summed E-state index contributed by atoms with van der Waals surface area (Å²) < 4.78 is 0. The van der Waals surface area contributed by atoms with Crippen LogP contribution in [0.5, 0.6) is 0 Å². The van der Waals surface area contributed by atoms with Crippen molar-refractivity contribution in [2.75, 3.05) is 0 Å². The summed E-state index contributed by atoms with van der Waals surface area (Å²) in [7, 11) is 0. The van der Waals surface area contributed by atoms with Crippen molar-refractivity contribution in [1.29, 1.82) is 0 Å². The van der Waals surface area contributed by atoms with E-state index in [0.29, 0.717) is 24.5 Å². The highest BCUT2D eigenvalue weighted by Crippen LogP contribution is 2.67. The van der Waals surface area contributed by atoms with Crippen LogP contribution >= 0.6 is 0 Å². The van der Waals surface area contributed by atoms with Gasteiger partial charge in [-0.25, -0.2) is 0 Å². The second kappa shape index (κ2) is 3.09. The van der Waals surface area contributed by atoms with Crippen molar-refractivity contribution in [3.05, 3.63) is 11.6 Å². The molecule has 0 amide bonds. The molecule has 1 spiro atoms. The quantitative estimate of drug-likeness (QED) is 0.643. The van der Waals surface area contributed by atoms with Crippen LogP contribution in [0.15, 0.2) is 11.6 Å². The average Bonchev–Trinajstić information content (AvgIpc) is 2.60. The largest absolute Gasteiger partial charge is 0.299 e. The zero-order valence-electron chi connectivity index (χ0n) is 10.9. The minimum atomic E-state index is 0.0495. The van der Waals surface area contributed by atoms with Crippen molar-refractivity contribution in [3.63, 3.8) is 0 Å². The molecule has 1 unspecified atom stereocenters. The van der Waals surface area contributed by atoms with Crippen LogP contribution in [0.3, 0.4) is 0 Å². The van der Waals surface area contributed by atoms with E-state index < -0.39 is 0 Å². The Hall–Kier alpha value is -0.920. The number of carbonyl (C=O) groups is 2. The van der Waals surface area contributed by atoms with Gasteiger partial charge in [-0.1, -0.05) is 26.3 Å². The Morgan fingerprint density at radius 3 is 2.71 bits per heavy atom. The molecule has 0 N–H and O–H groups in total. The number of hydrogen-bond donors (Lipinski definition) is 0. The van der Waals surface area contributed by atoms with Crippen LogP contribution in [-0.2, 0) is 9.59 Å². The molecule has 17 heavy (non-hydrogen) atoms. The first-order chi connectivity index (χ1) is 7.87. The first kappa shape index (κ1) is 11.2. The van der Waals surface area contributed by atoms with Crippen LogP contribution < -0.4 is 0 Å². The topological polar surface area (TPSA) is 34.1 Å². The summed E-state index contributed by atoms with van der Waals surface area (Å²) >= 11 is 0. The lowest BCUT2D eigenvalue weighted by Crippen LogP contribution is -2.30. The zero-order valence-corrected chi connectivity index (χ0v) is 10.9. The number of ketones is 2. The van der Waals surface area contributed by atoms with E-state index in [1.165, 1.54) is 5.57 Å². The van der Waals surface area contributed by atoms with Crippen LogP contribution in [0.4, 0.5) is 0 Å². The number of rotatable bonds is 0. The summed E-state index contributed by atoms with van der Waals surface area (Å²) in [6.07, 6.45) is 5.16. The summed E-state index contributed by atoms with van der Waals surface area (Å²) in [4.78, 5) is 23.7. The lowest BCUT2D eigenvalue weighted by molar-refractivity contribution is -0.121. The molecule has 0 radical (unpaired) electrons. The predicted octanol–water partition coefficient (Wildman–Crippen LogP) is 2.92. The molecule has 0 saturated heterocycles. The maximum atomic E-state index is 12.0. The van der Waals surface area contributed by atoms with Gasteiger partial charge in [0.05, 0.1) is 0 Å². The van der Waals surface area contributed by atoms with Crippen molar-refractivity contribution in [2.24, 2.45) is 22.7 Å². The minimum absolute atomic E-state index is 0.0495. The molecule has 0 aromatic carbocycles. The zero-order chi connectivity index (χ0) is 12.4. The third kappa shape index (κ3) is 1.27. The van der Waals surface area contributed by atoms with Crippen LogP contribution in [-0.4, -0.2) is 11.6 Å². The van der Waals surface area contributed by atoms with E-state index in [4.69, 9.17) is 0 Å². The molecule has 3 aliphatic rings. The minimum Gasteiger partial charge on any atom is -0.299 e. The normalized spacial score (nSPS) is 43.4. The summed E-state index contributed by atoms with van der Waals surface area (Å²) in [5.41, 5.74) is 1.44. The van der Waals surface area contributed by atoms with E-state index in [1.54, 1.807) is 0 Å². The van der Waals surface area contributed by atoms with Gasteiger partial charge in [-0.15, -0.1) is 0 Å². The summed E-state index contributed by atoms with van der Waals surface area (Å²) in [6, 6.07) is 0. The molecule has 2 heteroatoms. The lowest BCUT2D eigenvalue weighted by Gasteiger charge is -2.36. The van der Waals surface area contributed by atoms with Crippen molar-refractivity contribution in [3.8, 4) is 0 Å². The highest BCUT2D eigenvalue weighted by molar-refractivity contribution is 5.94. The molecule has 0 bridgehead atoms. The smallest absolute Gasteiger partial charge is 0.155 e. The van der Waals surface area contributed by atoms with Crippen molar-refractivity contribution >= 4 is 11.6 Å². The van der Waals surface area contributed by atoms with E-state index in [-0.39, 0.29) is 22.5 Å². The third-order valence-corrected chi connectivity index (χ3v) is 5.43. The number of allylic oxidation sites excluding steroid dienone is 2. The number of Topliss-reactive ketones (excluding diaryl/α,β-unsaturated/α-hetero) is 1. The van der Waals surface area contributed by atoms with Gasteiger partial charge in [0, 0.05) is 24.2 Å². The standard InChI is InChI=1S/C15H20O2/c1-9-11-7-14(2,3)13-6-10(16)4-5-15(11,13)8-12(9)17/h6,9,11H,4-5,7-8H2,1-3H3/t9-,11-,15?/m0/s1. The van der Waals surface area contributed by atoms with Crippen molar-refractivity contribution in [1.82, 2.24) is 0 Å². The Kier molecular flexibility index (Phi) is 2.04. The van der Waals surface area contributed by atoms with Gasteiger partial charge in [-0.2, -0.15) is 0 Å². The van der Waals surface area contributed by atoms with Gasteiger partial charge in [-0.3, -0.25) is 9.59 Å². The van der Waals surface area contributed by atoms with Gasteiger partial charge < -0.3 is 0 Å². The van der Waals surface area contributed by atoms with Gasteiger partial charge in [0.2, 0.25) is 0 Å². The molecule has 3 rings (SSSR count). The second-order valence-electron chi connectivity index (χ2n) is 6.81. The molecule has 2 nitrogen and oxygen atoms in total. The first-order valence-corrected chi connectivity index (χ1v) is 6.65.